The molecule has 0 unspecified atom stereocenters. The first-order valence-corrected chi connectivity index (χ1v) is 8.91. The van der Waals surface area contributed by atoms with Crippen LogP contribution in [0.2, 0.25) is 5.02 Å². The van der Waals surface area contributed by atoms with E-state index in [0.717, 1.165) is 12.8 Å². The highest BCUT2D eigenvalue weighted by Gasteiger charge is 2.41. The molecule has 1 saturated heterocycles. The maximum absolute atomic E-state index is 12.3. The van der Waals surface area contributed by atoms with Crippen LogP contribution in [-0.4, -0.2) is 33.5 Å². The van der Waals surface area contributed by atoms with Crippen LogP contribution in [0, 0.1) is 0 Å². The highest BCUT2D eigenvalue weighted by molar-refractivity contribution is 7.89. The van der Waals surface area contributed by atoms with E-state index in [9.17, 15) is 8.42 Å². The fraction of sp³-hybridized carbons (Fsp3) is 0.571. The number of ether oxygens (including phenoxy) is 2. The van der Waals surface area contributed by atoms with Gasteiger partial charge in [-0.15, -0.1) is 0 Å². The molecule has 1 aliphatic carbocycles. The first-order valence-electron chi connectivity index (χ1n) is 7.05. The van der Waals surface area contributed by atoms with Gasteiger partial charge in [0.1, 0.15) is 0 Å². The molecular formula is C14H18ClNO4S. The van der Waals surface area contributed by atoms with Gasteiger partial charge in [0, 0.05) is 23.9 Å². The van der Waals surface area contributed by atoms with Gasteiger partial charge in [-0.3, -0.25) is 0 Å². The fourth-order valence-electron chi connectivity index (χ4n) is 2.86. The van der Waals surface area contributed by atoms with Gasteiger partial charge in [0.15, 0.2) is 5.79 Å². The van der Waals surface area contributed by atoms with Crippen molar-refractivity contribution in [1.29, 1.82) is 0 Å². The van der Waals surface area contributed by atoms with Crippen LogP contribution in [0.15, 0.2) is 29.2 Å². The van der Waals surface area contributed by atoms with E-state index < -0.39 is 15.8 Å². The van der Waals surface area contributed by atoms with Crippen molar-refractivity contribution >= 4 is 21.6 Å². The molecule has 0 amide bonds. The summed E-state index contributed by atoms with van der Waals surface area (Å²) in [5.41, 5.74) is 0. The number of benzene rings is 1. The monoisotopic (exact) mass is 331 g/mol. The lowest BCUT2D eigenvalue weighted by Gasteiger charge is -2.35. The quantitative estimate of drug-likeness (QED) is 0.923. The van der Waals surface area contributed by atoms with Crippen molar-refractivity contribution < 1.29 is 17.9 Å². The molecule has 7 heteroatoms. The average Bonchev–Trinajstić information content (AvgIpc) is 2.90. The topological polar surface area (TPSA) is 64.6 Å². The average molecular weight is 332 g/mol. The molecule has 1 saturated carbocycles. The molecule has 1 heterocycles. The molecule has 5 nitrogen and oxygen atoms in total. The summed E-state index contributed by atoms with van der Waals surface area (Å²) in [5.74, 6) is -0.470. The Morgan fingerprint density at radius 1 is 1.10 bits per heavy atom. The molecule has 116 valence electrons. The fourth-order valence-corrected chi connectivity index (χ4v) is 4.29. The second-order valence-electron chi connectivity index (χ2n) is 5.46. The number of rotatable bonds is 3. The van der Waals surface area contributed by atoms with E-state index in [4.69, 9.17) is 21.1 Å². The van der Waals surface area contributed by atoms with Crippen molar-refractivity contribution in [1.82, 2.24) is 4.72 Å². The van der Waals surface area contributed by atoms with Crippen LogP contribution in [0.1, 0.15) is 25.7 Å². The molecule has 1 aromatic carbocycles. The molecule has 1 N–H and O–H groups in total. The highest BCUT2D eigenvalue weighted by atomic mass is 35.5. The largest absolute Gasteiger partial charge is 0.348 e. The molecule has 0 aromatic heterocycles. The van der Waals surface area contributed by atoms with Gasteiger partial charge in [0.25, 0.3) is 0 Å². The third-order valence-electron chi connectivity index (χ3n) is 4.01. The molecule has 2 fully saturated rings. The standard InChI is InChI=1S/C14H18ClNO4S/c15-11-1-3-13(4-2-11)21(17,18)16-12-5-7-14(8-6-12)19-9-10-20-14/h1-4,12,16H,5-10H2. The van der Waals surface area contributed by atoms with E-state index in [0.29, 0.717) is 31.1 Å². The van der Waals surface area contributed by atoms with Crippen LogP contribution in [0.4, 0.5) is 0 Å². The van der Waals surface area contributed by atoms with Crippen LogP contribution in [-0.2, 0) is 19.5 Å². The summed E-state index contributed by atoms with van der Waals surface area (Å²) in [6.07, 6.45) is 2.88. The molecule has 1 aromatic rings. The van der Waals surface area contributed by atoms with Crippen LogP contribution in [0.25, 0.3) is 0 Å². The summed E-state index contributed by atoms with van der Waals surface area (Å²) in [6.45, 7) is 1.25. The minimum absolute atomic E-state index is 0.0795. The van der Waals surface area contributed by atoms with E-state index >= 15 is 0 Å². The van der Waals surface area contributed by atoms with Crippen molar-refractivity contribution in [3.63, 3.8) is 0 Å². The van der Waals surface area contributed by atoms with Crippen molar-refractivity contribution in [2.24, 2.45) is 0 Å². The summed E-state index contributed by atoms with van der Waals surface area (Å²) in [4.78, 5) is 0.237. The number of hydrogen-bond donors (Lipinski definition) is 1. The zero-order chi connectivity index (χ0) is 14.9. The van der Waals surface area contributed by atoms with Gasteiger partial charge in [-0.25, -0.2) is 13.1 Å². The predicted octanol–water partition coefficient (Wildman–Crippen LogP) is 2.30. The molecule has 1 aliphatic heterocycles. The first kappa shape index (κ1) is 15.2. The number of nitrogens with one attached hydrogen (secondary N) is 1. The van der Waals surface area contributed by atoms with Crippen molar-refractivity contribution in [3.8, 4) is 0 Å². The first-order chi connectivity index (χ1) is 9.99. The minimum Gasteiger partial charge on any atom is -0.348 e. The number of hydrogen-bond acceptors (Lipinski definition) is 4. The summed E-state index contributed by atoms with van der Waals surface area (Å²) >= 11 is 5.78. The second-order valence-corrected chi connectivity index (χ2v) is 7.61. The summed E-state index contributed by atoms with van der Waals surface area (Å²) in [5, 5.41) is 0.518. The Balaban J connectivity index is 1.63. The molecule has 1 spiro atoms. The van der Waals surface area contributed by atoms with E-state index in [1.165, 1.54) is 12.1 Å². The third-order valence-corrected chi connectivity index (χ3v) is 5.80. The molecule has 0 radical (unpaired) electrons. The summed E-state index contributed by atoms with van der Waals surface area (Å²) in [7, 11) is -3.50. The van der Waals surface area contributed by atoms with Gasteiger partial charge in [-0.2, -0.15) is 0 Å². The lowest BCUT2D eigenvalue weighted by Crippen LogP contribution is -2.43. The van der Waals surface area contributed by atoms with Gasteiger partial charge in [0.2, 0.25) is 10.0 Å². The molecule has 0 atom stereocenters. The minimum atomic E-state index is -3.50. The normalized spacial score (nSPS) is 22.7. The Bertz CT molecular complexity index is 586. The van der Waals surface area contributed by atoms with Crippen LogP contribution >= 0.6 is 11.6 Å². The number of sulfonamides is 1. The van der Waals surface area contributed by atoms with Crippen LogP contribution in [0.5, 0.6) is 0 Å². The van der Waals surface area contributed by atoms with Crippen molar-refractivity contribution in [2.45, 2.75) is 42.4 Å². The Morgan fingerprint density at radius 2 is 1.67 bits per heavy atom. The molecule has 3 rings (SSSR count). The van der Waals surface area contributed by atoms with Gasteiger partial charge < -0.3 is 9.47 Å². The van der Waals surface area contributed by atoms with Gasteiger partial charge in [-0.05, 0) is 37.1 Å². The molecular weight excluding hydrogens is 314 g/mol. The Labute approximate surface area is 129 Å². The third kappa shape index (κ3) is 3.40. The molecule has 2 aliphatic rings. The van der Waals surface area contributed by atoms with Gasteiger partial charge in [-0.1, -0.05) is 11.6 Å². The van der Waals surface area contributed by atoms with Crippen LogP contribution < -0.4 is 4.72 Å². The Hall–Kier alpha value is -0.660. The van der Waals surface area contributed by atoms with Crippen LogP contribution in [0.3, 0.4) is 0 Å². The SMILES string of the molecule is O=S(=O)(NC1CCC2(CC1)OCCO2)c1ccc(Cl)cc1. The summed E-state index contributed by atoms with van der Waals surface area (Å²) < 4.78 is 38.7. The van der Waals surface area contributed by atoms with E-state index in [-0.39, 0.29) is 10.9 Å². The zero-order valence-electron chi connectivity index (χ0n) is 11.5. The highest BCUT2D eigenvalue weighted by Crippen LogP contribution is 2.36. The number of halogens is 1. The Morgan fingerprint density at radius 3 is 2.24 bits per heavy atom. The van der Waals surface area contributed by atoms with Crippen molar-refractivity contribution in [2.75, 3.05) is 13.2 Å². The predicted molar refractivity (Wildman–Crippen MR) is 78.7 cm³/mol. The lowest BCUT2D eigenvalue weighted by atomic mass is 9.91. The maximum atomic E-state index is 12.3. The van der Waals surface area contributed by atoms with E-state index in [1.54, 1.807) is 12.1 Å². The lowest BCUT2D eigenvalue weighted by molar-refractivity contribution is -0.178. The Kier molecular flexibility index (Phi) is 4.25. The zero-order valence-corrected chi connectivity index (χ0v) is 13.1. The second kappa shape index (κ2) is 5.85. The van der Waals surface area contributed by atoms with Gasteiger partial charge in [0.05, 0.1) is 18.1 Å². The molecule has 21 heavy (non-hydrogen) atoms. The maximum Gasteiger partial charge on any atom is 0.240 e. The summed E-state index contributed by atoms with van der Waals surface area (Å²) in [6, 6.07) is 6.10. The van der Waals surface area contributed by atoms with E-state index in [1.807, 2.05) is 0 Å². The van der Waals surface area contributed by atoms with Gasteiger partial charge >= 0.3 is 0 Å². The molecule has 0 bridgehead atoms. The smallest absolute Gasteiger partial charge is 0.240 e. The van der Waals surface area contributed by atoms with E-state index in [2.05, 4.69) is 4.72 Å². The van der Waals surface area contributed by atoms with Crippen molar-refractivity contribution in [3.05, 3.63) is 29.3 Å².